The number of hydrogen-bond acceptors (Lipinski definition) is 3. The van der Waals surface area contributed by atoms with Crippen LogP contribution in [0.3, 0.4) is 0 Å². The maximum atomic E-state index is 5.85. The molecule has 0 saturated heterocycles. The molecule has 3 rings (SSSR count). The third kappa shape index (κ3) is 2.91. The Kier molecular flexibility index (Phi) is 4.01. The van der Waals surface area contributed by atoms with Crippen LogP contribution in [0.1, 0.15) is 0 Å². The molecule has 2 aromatic heterocycles. The minimum atomic E-state index is 0.608. The fraction of sp³-hybridized carbons (Fsp3) is 0.111. The third-order valence-electron chi connectivity index (χ3n) is 3.36. The lowest BCUT2D eigenvalue weighted by atomic mass is 10.2. The van der Waals surface area contributed by atoms with E-state index in [4.69, 9.17) is 9.15 Å². The van der Waals surface area contributed by atoms with Gasteiger partial charge in [0.1, 0.15) is 5.75 Å². The Balaban J connectivity index is 1.84. The monoisotopic (exact) mass is 293 g/mol. The highest BCUT2D eigenvalue weighted by Gasteiger charge is 2.10. The van der Waals surface area contributed by atoms with E-state index in [0.717, 1.165) is 29.2 Å². The molecule has 0 N–H and O–H groups in total. The molecule has 0 spiro atoms. The molecular formula is C18H17N2O2+. The van der Waals surface area contributed by atoms with Crippen LogP contribution in [0.5, 0.6) is 5.75 Å². The number of rotatable bonds is 5. The summed E-state index contributed by atoms with van der Waals surface area (Å²) in [5.41, 5.74) is 1.91. The largest absolute Gasteiger partial charge is 0.497 e. The molecule has 3 aromatic rings. The van der Waals surface area contributed by atoms with Gasteiger partial charge in [0.2, 0.25) is 5.89 Å². The first kappa shape index (κ1) is 14.1. The predicted molar refractivity (Wildman–Crippen MR) is 84.3 cm³/mol. The van der Waals surface area contributed by atoms with Gasteiger partial charge in [-0.05, 0) is 30.3 Å². The zero-order valence-electron chi connectivity index (χ0n) is 12.4. The number of benzene rings is 1. The molecule has 4 nitrogen and oxygen atoms in total. The minimum Gasteiger partial charge on any atom is -0.497 e. The highest BCUT2D eigenvalue weighted by molar-refractivity contribution is 5.61. The number of allylic oxidation sites excluding steroid dienone is 1. The maximum Gasteiger partial charge on any atom is 0.227 e. The van der Waals surface area contributed by atoms with Crippen LogP contribution in [0, 0.1) is 0 Å². The topological polar surface area (TPSA) is 39.1 Å². The molecule has 0 radical (unpaired) electrons. The maximum absolute atomic E-state index is 5.85. The number of pyridine rings is 1. The Labute approximate surface area is 129 Å². The molecule has 0 aliphatic heterocycles. The molecular weight excluding hydrogens is 276 g/mol. The van der Waals surface area contributed by atoms with Gasteiger partial charge >= 0.3 is 0 Å². The van der Waals surface area contributed by atoms with Crippen molar-refractivity contribution in [3.8, 4) is 28.5 Å². The van der Waals surface area contributed by atoms with Gasteiger partial charge in [-0.2, -0.15) is 0 Å². The van der Waals surface area contributed by atoms with Gasteiger partial charge in [0.25, 0.3) is 0 Å². The molecule has 0 aliphatic rings. The molecule has 1 aromatic carbocycles. The molecule has 0 fully saturated rings. The van der Waals surface area contributed by atoms with Gasteiger partial charge in [-0.25, -0.2) is 9.55 Å². The van der Waals surface area contributed by atoms with Crippen LogP contribution in [0.4, 0.5) is 0 Å². The lowest BCUT2D eigenvalue weighted by Gasteiger charge is -2.00. The molecule has 0 saturated carbocycles. The summed E-state index contributed by atoms with van der Waals surface area (Å²) in [6.07, 6.45) is 7.55. The molecule has 22 heavy (non-hydrogen) atoms. The second-order valence-corrected chi connectivity index (χ2v) is 4.83. The number of methoxy groups -OCH3 is 1. The van der Waals surface area contributed by atoms with E-state index in [0.29, 0.717) is 5.89 Å². The van der Waals surface area contributed by atoms with E-state index in [1.165, 1.54) is 0 Å². The van der Waals surface area contributed by atoms with Gasteiger partial charge in [0.15, 0.2) is 24.7 Å². The smallest absolute Gasteiger partial charge is 0.227 e. The van der Waals surface area contributed by atoms with E-state index < -0.39 is 0 Å². The van der Waals surface area contributed by atoms with Crippen molar-refractivity contribution in [2.75, 3.05) is 7.11 Å². The molecule has 0 aliphatic carbocycles. The van der Waals surface area contributed by atoms with E-state index in [9.17, 15) is 0 Å². The van der Waals surface area contributed by atoms with Crippen molar-refractivity contribution >= 4 is 0 Å². The fourth-order valence-corrected chi connectivity index (χ4v) is 2.17. The second kappa shape index (κ2) is 6.26. The first-order valence-electron chi connectivity index (χ1n) is 7.01. The first-order chi connectivity index (χ1) is 10.8. The zero-order chi connectivity index (χ0) is 15.4. The van der Waals surface area contributed by atoms with Crippen molar-refractivity contribution in [3.63, 3.8) is 0 Å². The van der Waals surface area contributed by atoms with Crippen LogP contribution in [-0.4, -0.2) is 12.1 Å². The lowest BCUT2D eigenvalue weighted by Crippen LogP contribution is -2.31. The van der Waals surface area contributed by atoms with Crippen LogP contribution in [0.15, 0.2) is 72.1 Å². The number of hydrogen-bond donors (Lipinski definition) is 0. The van der Waals surface area contributed by atoms with Gasteiger partial charge < -0.3 is 9.15 Å². The Morgan fingerprint density at radius 1 is 1.14 bits per heavy atom. The van der Waals surface area contributed by atoms with E-state index in [-0.39, 0.29) is 0 Å². The summed E-state index contributed by atoms with van der Waals surface area (Å²) in [7, 11) is 1.65. The quantitative estimate of drug-likeness (QED) is 0.534. The third-order valence-corrected chi connectivity index (χ3v) is 3.36. The van der Waals surface area contributed by atoms with E-state index >= 15 is 0 Å². The molecule has 0 unspecified atom stereocenters. The molecule has 4 heteroatoms. The lowest BCUT2D eigenvalue weighted by molar-refractivity contribution is -0.686. The Hall–Kier alpha value is -2.88. The minimum absolute atomic E-state index is 0.608. The average molecular weight is 293 g/mol. The van der Waals surface area contributed by atoms with Gasteiger partial charge in [0.05, 0.1) is 13.3 Å². The first-order valence-corrected chi connectivity index (χ1v) is 7.01. The second-order valence-electron chi connectivity index (χ2n) is 4.83. The predicted octanol–water partition coefficient (Wildman–Crippen LogP) is 3.49. The summed E-state index contributed by atoms with van der Waals surface area (Å²) in [4.78, 5) is 4.35. The number of ether oxygens (including phenoxy) is 1. The summed E-state index contributed by atoms with van der Waals surface area (Å²) >= 11 is 0. The summed E-state index contributed by atoms with van der Waals surface area (Å²) in [5, 5.41) is 0. The van der Waals surface area contributed by atoms with Crippen molar-refractivity contribution in [2.45, 2.75) is 6.54 Å². The number of oxazole rings is 1. The normalized spacial score (nSPS) is 10.4. The highest BCUT2D eigenvalue weighted by Crippen LogP contribution is 2.26. The molecule has 2 heterocycles. The van der Waals surface area contributed by atoms with Crippen molar-refractivity contribution in [1.29, 1.82) is 0 Å². The van der Waals surface area contributed by atoms with E-state index in [1.807, 2.05) is 59.4 Å². The van der Waals surface area contributed by atoms with Crippen LogP contribution in [0.25, 0.3) is 22.8 Å². The SMILES string of the molecule is C=CC[n+]1ccc(-c2ncc(-c3ccc(OC)cc3)o2)cc1. The molecule has 0 atom stereocenters. The summed E-state index contributed by atoms with van der Waals surface area (Å²) in [6, 6.07) is 11.7. The van der Waals surface area contributed by atoms with Gasteiger partial charge in [-0.3, -0.25) is 0 Å². The van der Waals surface area contributed by atoms with Crippen LogP contribution in [0.2, 0.25) is 0 Å². The number of aromatic nitrogens is 2. The standard InChI is InChI=1S/C18H17N2O2/c1-3-10-20-11-8-15(9-12-20)18-19-13-17(22-18)14-4-6-16(21-2)7-5-14/h3-9,11-13H,1,10H2,2H3/q+1. The Bertz CT molecular complexity index is 759. The highest BCUT2D eigenvalue weighted by atomic mass is 16.5. The summed E-state index contributed by atoms with van der Waals surface area (Å²) < 4.78 is 13.0. The van der Waals surface area contributed by atoms with Gasteiger partial charge in [-0.15, -0.1) is 0 Å². The molecule has 0 bridgehead atoms. The van der Waals surface area contributed by atoms with E-state index in [2.05, 4.69) is 11.6 Å². The summed E-state index contributed by atoms with van der Waals surface area (Å²) in [5.74, 6) is 2.16. The molecule has 0 amide bonds. The van der Waals surface area contributed by atoms with Gasteiger partial charge in [-0.1, -0.05) is 6.58 Å². The van der Waals surface area contributed by atoms with Crippen molar-refractivity contribution in [2.24, 2.45) is 0 Å². The Morgan fingerprint density at radius 2 is 1.86 bits per heavy atom. The van der Waals surface area contributed by atoms with Crippen molar-refractivity contribution < 1.29 is 13.7 Å². The Morgan fingerprint density at radius 3 is 2.50 bits per heavy atom. The van der Waals surface area contributed by atoms with Crippen molar-refractivity contribution in [1.82, 2.24) is 4.98 Å². The van der Waals surface area contributed by atoms with Crippen LogP contribution < -0.4 is 9.30 Å². The summed E-state index contributed by atoms with van der Waals surface area (Å²) in [6.45, 7) is 4.51. The fourth-order valence-electron chi connectivity index (χ4n) is 2.17. The molecule has 110 valence electrons. The van der Waals surface area contributed by atoms with Gasteiger partial charge in [0, 0.05) is 23.3 Å². The zero-order valence-corrected chi connectivity index (χ0v) is 12.4. The van der Waals surface area contributed by atoms with Crippen molar-refractivity contribution in [3.05, 3.63) is 67.6 Å². The van der Waals surface area contributed by atoms with Crippen LogP contribution in [-0.2, 0) is 6.54 Å². The van der Waals surface area contributed by atoms with Crippen LogP contribution >= 0.6 is 0 Å². The number of nitrogens with zero attached hydrogens (tertiary/aromatic N) is 2. The average Bonchev–Trinajstić information content (AvgIpc) is 3.06. The van der Waals surface area contributed by atoms with E-state index in [1.54, 1.807) is 13.3 Å².